The third-order valence-corrected chi connectivity index (χ3v) is 10.8. The van der Waals surface area contributed by atoms with Crippen LogP contribution in [0, 0.1) is 11.8 Å². The Kier molecular flexibility index (Phi) is 5.24. The molecule has 3 aliphatic heterocycles. The molecule has 11 heteroatoms. The number of carbonyl (C=O) groups excluding carboxylic acids is 2. The largest absolute Gasteiger partial charge is 0.543 e. The van der Waals surface area contributed by atoms with E-state index < -0.39 is 46.0 Å². The van der Waals surface area contributed by atoms with Crippen LogP contribution in [0.3, 0.4) is 0 Å². The number of nitrogens with zero attached hydrogens (tertiary/aromatic N) is 4. The van der Waals surface area contributed by atoms with Gasteiger partial charge in [-0.1, -0.05) is 24.6 Å². The normalized spacial score (nSPS) is 27.5. The van der Waals surface area contributed by atoms with Crippen molar-refractivity contribution < 1.29 is 28.2 Å². The fraction of sp³-hybridized carbons (Fsp3) is 0.393. The van der Waals surface area contributed by atoms with Crippen molar-refractivity contribution >= 4 is 38.4 Å². The van der Waals surface area contributed by atoms with Gasteiger partial charge in [-0.25, -0.2) is 13.4 Å². The van der Waals surface area contributed by atoms with E-state index in [1.54, 1.807) is 24.7 Å². The average molecular weight is 548 g/mol. The first-order chi connectivity index (χ1) is 18.7. The number of anilines is 1. The molecular formula is C28H27N4O6S-. The number of hydrogen-bond acceptors (Lipinski definition) is 7. The van der Waals surface area contributed by atoms with Crippen LogP contribution >= 0.6 is 0 Å². The summed E-state index contributed by atoms with van der Waals surface area (Å²) < 4.78 is 31.6. The summed E-state index contributed by atoms with van der Waals surface area (Å²) in [7, 11) is -4.00. The van der Waals surface area contributed by atoms with Crippen LogP contribution in [0.1, 0.15) is 31.7 Å². The molecule has 1 saturated heterocycles. The van der Waals surface area contributed by atoms with E-state index in [9.17, 15) is 28.2 Å². The molecule has 202 valence electrons. The summed E-state index contributed by atoms with van der Waals surface area (Å²) in [5.74, 6) is -3.00. The summed E-state index contributed by atoms with van der Waals surface area (Å²) in [5.41, 5.74) is 1.73. The smallest absolute Gasteiger partial charge is 0.265 e. The molecule has 1 saturated carbocycles. The number of rotatable bonds is 6. The highest BCUT2D eigenvalue weighted by molar-refractivity contribution is 7.93. The number of aliphatic carboxylic acids is 1. The first-order valence-electron chi connectivity index (χ1n) is 13.2. The zero-order valence-electron chi connectivity index (χ0n) is 21.2. The predicted octanol–water partition coefficient (Wildman–Crippen LogP) is 1.18. The minimum absolute atomic E-state index is 0.205. The van der Waals surface area contributed by atoms with Gasteiger partial charge in [-0.2, -0.15) is 0 Å². The average Bonchev–Trinajstić information content (AvgIpc) is 3.57. The second-order valence-corrected chi connectivity index (χ2v) is 12.7. The lowest BCUT2D eigenvalue weighted by atomic mass is 9.71. The van der Waals surface area contributed by atoms with Gasteiger partial charge in [0, 0.05) is 30.2 Å². The molecule has 1 N–H and O–H groups in total. The Labute approximate surface area is 225 Å². The van der Waals surface area contributed by atoms with Gasteiger partial charge in [0.05, 0.1) is 52.7 Å². The number of aromatic nitrogens is 2. The van der Waals surface area contributed by atoms with E-state index >= 15 is 0 Å². The van der Waals surface area contributed by atoms with Crippen molar-refractivity contribution in [2.24, 2.45) is 11.8 Å². The van der Waals surface area contributed by atoms with Crippen LogP contribution in [-0.4, -0.2) is 58.0 Å². The number of hydrogen-bond donors (Lipinski definition) is 1. The maximum absolute atomic E-state index is 14.1. The zero-order chi connectivity index (χ0) is 27.2. The summed E-state index contributed by atoms with van der Waals surface area (Å²) in [6.07, 6.45) is 6.79. The quantitative estimate of drug-likeness (QED) is 0.458. The van der Waals surface area contributed by atoms with Crippen LogP contribution in [0.25, 0.3) is 10.8 Å². The fourth-order valence-electron chi connectivity index (χ4n) is 7.36. The SMILES string of the molecule is CC(O)C1C(=O)N2C(C(=O)[O-])=C3C(CCCC3N3c4cccc5c(CCn6ccnc6)ccc(c45)S3(=O)=O)C12. The molecule has 0 radical (unpaired) electrons. The molecule has 4 heterocycles. The molecule has 0 bridgehead atoms. The van der Waals surface area contributed by atoms with Crippen LogP contribution in [0.4, 0.5) is 5.69 Å². The molecule has 10 nitrogen and oxygen atoms in total. The third-order valence-electron chi connectivity index (χ3n) is 8.91. The second kappa shape index (κ2) is 8.40. The standard InChI is InChI=1S/C28H28N4O6S/c1-15(33)22-25-18-5-3-7-20(24(18)26(28(35)36)31(25)27(22)34)32-19-6-2-4-17-16(10-12-30-13-11-29-14-30)8-9-21(23(17)19)39(32,37)38/h2,4,6,8-9,11,13-15,18,20,22,25,33H,3,5,7,10,12H2,1H3,(H,35,36)/p-1. The van der Waals surface area contributed by atoms with Gasteiger partial charge in [0.2, 0.25) is 5.91 Å². The molecule has 2 aromatic carbocycles. The maximum Gasteiger partial charge on any atom is 0.265 e. The zero-order valence-corrected chi connectivity index (χ0v) is 22.0. The minimum Gasteiger partial charge on any atom is -0.543 e. The summed E-state index contributed by atoms with van der Waals surface area (Å²) in [5, 5.41) is 24.2. The second-order valence-electron chi connectivity index (χ2n) is 10.9. The number of amides is 1. The Morgan fingerprint density at radius 3 is 2.77 bits per heavy atom. The fourth-order valence-corrected chi connectivity index (χ4v) is 9.25. The van der Waals surface area contributed by atoms with Crippen molar-refractivity contribution in [2.45, 2.75) is 62.2 Å². The van der Waals surface area contributed by atoms with Gasteiger partial charge in [0.15, 0.2) is 0 Å². The van der Waals surface area contributed by atoms with E-state index in [4.69, 9.17) is 0 Å². The van der Waals surface area contributed by atoms with Crippen LogP contribution in [0.5, 0.6) is 0 Å². The first kappa shape index (κ1) is 24.3. The number of fused-ring (bicyclic) bond motifs is 3. The van der Waals surface area contributed by atoms with Crippen LogP contribution in [-0.2, 0) is 32.6 Å². The first-order valence-corrected chi connectivity index (χ1v) is 14.7. The molecule has 1 amide bonds. The lowest BCUT2D eigenvalue weighted by Gasteiger charge is -2.48. The number of aryl methyl sites for hydroxylation is 2. The van der Waals surface area contributed by atoms with E-state index in [1.165, 1.54) is 16.1 Å². The topological polar surface area (TPSA) is 136 Å². The van der Waals surface area contributed by atoms with Crippen LogP contribution in [0.15, 0.2) is 65.2 Å². The highest BCUT2D eigenvalue weighted by Crippen LogP contribution is 2.55. The van der Waals surface area contributed by atoms with Crippen molar-refractivity contribution in [3.05, 3.63) is 65.9 Å². The number of benzene rings is 2. The van der Waals surface area contributed by atoms with Crippen molar-refractivity contribution in [2.75, 3.05) is 4.31 Å². The molecule has 0 spiro atoms. The Hall–Kier alpha value is -3.70. The third kappa shape index (κ3) is 3.23. The van der Waals surface area contributed by atoms with E-state index in [2.05, 4.69) is 4.98 Å². The number of imidazole rings is 1. The Morgan fingerprint density at radius 2 is 2.05 bits per heavy atom. The van der Waals surface area contributed by atoms with Crippen molar-refractivity contribution in [1.29, 1.82) is 0 Å². The molecule has 7 rings (SSSR count). The molecule has 39 heavy (non-hydrogen) atoms. The minimum atomic E-state index is -4.00. The van der Waals surface area contributed by atoms with Crippen LogP contribution in [0.2, 0.25) is 0 Å². The summed E-state index contributed by atoms with van der Waals surface area (Å²) in [4.78, 5) is 30.9. The van der Waals surface area contributed by atoms with Gasteiger partial charge in [0.25, 0.3) is 10.0 Å². The lowest BCUT2D eigenvalue weighted by molar-refractivity contribution is -0.301. The van der Waals surface area contributed by atoms with Crippen LogP contribution < -0.4 is 9.41 Å². The van der Waals surface area contributed by atoms with E-state index in [1.807, 2.05) is 29.0 Å². The van der Waals surface area contributed by atoms with E-state index in [0.717, 1.165) is 10.9 Å². The van der Waals surface area contributed by atoms with E-state index in [-0.39, 0.29) is 16.5 Å². The highest BCUT2D eigenvalue weighted by atomic mass is 32.2. The molecular weight excluding hydrogens is 520 g/mol. The molecule has 4 aliphatic rings. The number of carboxylic acids is 1. The van der Waals surface area contributed by atoms with Gasteiger partial charge in [0.1, 0.15) is 0 Å². The molecule has 5 atom stereocenters. The van der Waals surface area contributed by atoms with Gasteiger partial charge in [-0.3, -0.25) is 9.10 Å². The molecule has 1 aromatic heterocycles. The van der Waals surface area contributed by atoms with Gasteiger partial charge < -0.3 is 24.5 Å². The summed E-state index contributed by atoms with van der Waals surface area (Å²) in [6.45, 7) is 2.22. The summed E-state index contributed by atoms with van der Waals surface area (Å²) in [6, 6.07) is 7.76. The Bertz CT molecular complexity index is 1680. The molecule has 5 unspecified atom stereocenters. The molecule has 2 fully saturated rings. The number of carbonyl (C=O) groups is 2. The number of aliphatic hydroxyl groups excluding tert-OH is 1. The Balaban J connectivity index is 1.35. The monoisotopic (exact) mass is 547 g/mol. The predicted molar refractivity (Wildman–Crippen MR) is 139 cm³/mol. The number of sulfonamides is 1. The lowest BCUT2D eigenvalue weighted by Crippen LogP contribution is -2.64. The number of β-lactam (4-membered cyclic amide) rings is 1. The van der Waals surface area contributed by atoms with E-state index in [0.29, 0.717) is 48.9 Å². The number of carboxylic acid groups (broad SMARTS) is 1. The van der Waals surface area contributed by atoms with Gasteiger partial charge in [-0.05, 0) is 54.8 Å². The van der Waals surface area contributed by atoms with Crippen molar-refractivity contribution in [1.82, 2.24) is 14.5 Å². The van der Waals surface area contributed by atoms with Gasteiger partial charge in [-0.15, -0.1) is 0 Å². The number of aliphatic hydroxyl groups is 1. The maximum atomic E-state index is 14.1. The van der Waals surface area contributed by atoms with Gasteiger partial charge >= 0.3 is 0 Å². The molecule has 1 aliphatic carbocycles. The summed E-state index contributed by atoms with van der Waals surface area (Å²) >= 11 is 0. The molecule has 3 aromatic rings. The van der Waals surface area contributed by atoms with Crippen molar-refractivity contribution in [3.63, 3.8) is 0 Å². The highest BCUT2D eigenvalue weighted by Gasteiger charge is 2.62. The van der Waals surface area contributed by atoms with Crippen molar-refractivity contribution in [3.8, 4) is 0 Å². The Morgan fingerprint density at radius 1 is 1.23 bits per heavy atom.